The molecule has 1 heterocycles. The quantitative estimate of drug-likeness (QED) is 0.641. The first-order valence-corrected chi connectivity index (χ1v) is 6.56. The first-order chi connectivity index (χ1) is 10.1. The third kappa shape index (κ3) is 3.10. The summed E-state index contributed by atoms with van der Waals surface area (Å²) in [7, 11) is 1.52. The molecule has 0 spiro atoms. The summed E-state index contributed by atoms with van der Waals surface area (Å²) in [6, 6.07) is 4.46. The van der Waals surface area contributed by atoms with Gasteiger partial charge in [0.15, 0.2) is 5.82 Å². The van der Waals surface area contributed by atoms with E-state index in [1.807, 2.05) is 6.92 Å². The summed E-state index contributed by atoms with van der Waals surface area (Å²) in [6.45, 7) is 2.36. The largest absolute Gasteiger partial charge is 0.496 e. The van der Waals surface area contributed by atoms with Gasteiger partial charge in [-0.25, -0.2) is 4.68 Å². The number of nitrogens with two attached hydrogens (primary N) is 1. The van der Waals surface area contributed by atoms with Crippen molar-refractivity contribution >= 4 is 11.5 Å². The Hall–Kier alpha value is -2.64. The average Bonchev–Trinajstić information content (AvgIpc) is 2.80. The van der Waals surface area contributed by atoms with Crippen LogP contribution >= 0.6 is 0 Å². The summed E-state index contributed by atoms with van der Waals surface area (Å²) < 4.78 is 6.90. The molecule has 8 heteroatoms. The number of anilines is 1. The van der Waals surface area contributed by atoms with Crippen molar-refractivity contribution in [2.24, 2.45) is 0 Å². The Morgan fingerprint density at radius 2 is 2.24 bits per heavy atom. The molecule has 0 saturated carbocycles. The molecule has 0 bridgehead atoms. The second kappa shape index (κ2) is 6.21. The maximum absolute atomic E-state index is 10.9. The summed E-state index contributed by atoms with van der Waals surface area (Å²) in [5.74, 6) is 0.957. The molecule has 0 unspecified atom stereocenters. The molecule has 1 aromatic heterocycles. The predicted octanol–water partition coefficient (Wildman–Crippen LogP) is 1.78. The molecule has 2 N–H and O–H groups in total. The van der Waals surface area contributed by atoms with Gasteiger partial charge in [0.25, 0.3) is 5.69 Å². The van der Waals surface area contributed by atoms with Gasteiger partial charge in [0.2, 0.25) is 0 Å². The fraction of sp³-hybridized carbons (Fsp3) is 0.385. The van der Waals surface area contributed by atoms with Gasteiger partial charge < -0.3 is 10.5 Å². The van der Waals surface area contributed by atoms with E-state index in [4.69, 9.17) is 10.5 Å². The predicted molar refractivity (Wildman–Crippen MR) is 77.2 cm³/mol. The van der Waals surface area contributed by atoms with Crippen LogP contribution in [0.4, 0.5) is 11.5 Å². The lowest BCUT2D eigenvalue weighted by Crippen LogP contribution is -2.09. The van der Waals surface area contributed by atoms with Crippen LogP contribution in [0.25, 0.3) is 0 Å². The first-order valence-electron chi connectivity index (χ1n) is 6.56. The summed E-state index contributed by atoms with van der Waals surface area (Å²) in [5.41, 5.74) is 7.29. The minimum absolute atomic E-state index is 0.0101. The highest BCUT2D eigenvalue weighted by atomic mass is 16.6. The topological polar surface area (TPSA) is 109 Å². The molecule has 2 aromatic rings. The van der Waals surface area contributed by atoms with Crippen molar-refractivity contribution in [1.29, 1.82) is 0 Å². The molecular formula is C13H17N5O3. The normalized spacial score (nSPS) is 10.6. The van der Waals surface area contributed by atoms with Gasteiger partial charge in [-0.3, -0.25) is 10.1 Å². The van der Waals surface area contributed by atoms with Gasteiger partial charge in [-0.15, -0.1) is 5.10 Å². The number of benzene rings is 1. The van der Waals surface area contributed by atoms with Crippen LogP contribution in [-0.2, 0) is 13.0 Å². The van der Waals surface area contributed by atoms with Crippen LogP contribution in [0.3, 0.4) is 0 Å². The summed E-state index contributed by atoms with van der Waals surface area (Å²) >= 11 is 0. The van der Waals surface area contributed by atoms with E-state index in [2.05, 4.69) is 10.3 Å². The van der Waals surface area contributed by atoms with Crippen molar-refractivity contribution in [3.63, 3.8) is 0 Å². The number of non-ortho nitro benzene ring substituents is 1. The Kier molecular flexibility index (Phi) is 4.36. The van der Waals surface area contributed by atoms with Crippen molar-refractivity contribution in [3.8, 4) is 5.75 Å². The number of nitrogen functional groups attached to an aromatic ring is 1. The summed E-state index contributed by atoms with van der Waals surface area (Å²) in [6.07, 6.45) is 1.65. The van der Waals surface area contributed by atoms with E-state index in [0.717, 1.165) is 18.5 Å². The fourth-order valence-electron chi connectivity index (χ4n) is 2.13. The second-order valence-electron chi connectivity index (χ2n) is 4.58. The lowest BCUT2D eigenvalue weighted by Gasteiger charge is -2.10. The van der Waals surface area contributed by atoms with Gasteiger partial charge in [-0.1, -0.05) is 18.6 Å². The Labute approximate surface area is 121 Å². The van der Waals surface area contributed by atoms with E-state index in [1.54, 1.807) is 10.7 Å². The highest BCUT2D eigenvalue weighted by molar-refractivity contribution is 5.44. The van der Waals surface area contributed by atoms with Gasteiger partial charge in [0.1, 0.15) is 5.75 Å². The second-order valence-corrected chi connectivity index (χ2v) is 4.58. The zero-order valence-corrected chi connectivity index (χ0v) is 11.9. The minimum Gasteiger partial charge on any atom is -0.496 e. The number of ether oxygens (including phenoxy) is 1. The number of aromatic nitrogens is 3. The molecule has 0 radical (unpaired) electrons. The van der Waals surface area contributed by atoms with Crippen molar-refractivity contribution in [2.75, 3.05) is 12.8 Å². The van der Waals surface area contributed by atoms with E-state index in [-0.39, 0.29) is 5.69 Å². The van der Waals surface area contributed by atoms with Gasteiger partial charge in [-0.2, -0.15) is 0 Å². The third-order valence-electron chi connectivity index (χ3n) is 3.15. The van der Waals surface area contributed by atoms with Crippen molar-refractivity contribution < 1.29 is 9.66 Å². The van der Waals surface area contributed by atoms with E-state index in [1.165, 1.54) is 19.2 Å². The average molecular weight is 291 g/mol. The van der Waals surface area contributed by atoms with E-state index in [0.29, 0.717) is 23.7 Å². The van der Waals surface area contributed by atoms with E-state index < -0.39 is 4.92 Å². The first kappa shape index (κ1) is 14.8. The minimum atomic E-state index is -0.439. The van der Waals surface area contributed by atoms with Gasteiger partial charge in [0.05, 0.1) is 24.3 Å². The smallest absolute Gasteiger partial charge is 0.270 e. The number of nitro groups is 1. The molecule has 0 aliphatic rings. The Bertz CT molecular complexity index is 653. The Balaban J connectivity index is 2.38. The monoisotopic (exact) mass is 291 g/mol. The van der Waals surface area contributed by atoms with Crippen LogP contribution in [0.15, 0.2) is 18.2 Å². The maximum atomic E-state index is 10.9. The van der Waals surface area contributed by atoms with Crippen LogP contribution in [0.2, 0.25) is 0 Å². The molecule has 112 valence electrons. The zero-order valence-electron chi connectivity index (χ0n) is 11.9. The van der Waals surface area contributed by atoms with Crippen LogP contribution in [-0.4, -0.2) is 27.0 Å². The van der Waals surface area contributed by atoms with E-state index >= 15 is 0 Å². The lowest BCUT2D eigenvalue weighted by molar-refractivity contribution is -0.384. The van der Waals surface area contributed by atoms with E-state index in [9.17, 15) is 10.1 Å². The summed E-state index contributed by atoms with van der Waals surface area (Å²) in [5, 5.41) is 18.7. The van der Waals surface area contributed by atoms with Crippen LogP contribution in [0.5, 0.6) is 5.75 Å². The zero-order chi connectivity index (χ0) is 15.4. The van der Waals surface area contributed by atoms with Crippen LogP contribution < -0.4 is 10.5 Å². The van der Waals surface area contributed by atoms with Gasteiger partial charge in [0, 0.05) is 17.7 Å². The highest BCUT2D eigenvalue weighted by Gasteiger charge is 2.15. The molecule has 8 nitrogen and oxygen atoms in total. The van der Waals surface area contributed by atoms with Crippen molar-refractivity contribution in [1.82, 2.24) is 15.0 Å². The lowest BCUT2D eigenvalue weighted by atomic mass is 10.1. The third-order valence-corrected chi connectivity index (χ3v) is 3.15. The molecule has 0 atom stereocenters. The number of rotatable bonds is 6. The molecule has 0 aliphatic carbocycles. The maximum Gasteiger partial charge on any atom is 0.270 e. The number of nitro benzene ring substituents is 1. The number of hydrogen-bond acceptors (Lipinski definition) is 6. The number of nitrogens with zero attached hydrogens (tertiary/aromatic N) is 4. The number of hydrogen-bond donors (Lipinski definition) is 1. The molecular weight excluding hydrogens is 274 g/mol. The molecule has 0 amide bonds. The van der Waals surface area contributed by atoms with Gasteiger partial charge in [-0.05, 0) is 12.5 Å². The fourth-order valence-corrected chi connectivity index (χ4v) is 2.13. The standard InChI is InChI=1S/C13H17N5O3/c1-3-4-11-13(14)15-16-17(11)8-9-7-10(18(19)20)5-6-12(9)21-2/h5-7H,3-4,8,14H2,1-2H3. The molecule has 21 heavy (non-hydrogen) atoms. The van der Waals surface area contributed by atoms with Gasteiger partial charge >= 0.3 is 0 Å². The van der Waals surface area contributed by atoms with Crippen LogP contribution in [0, 0.1) is 10.1 Å². The molecule has 2 rings (SSSR count). The molecule has 0 saturated heterocycles. The highest BCUT2D eigenvalue weighted by Crippen LogP contribution is 2.25. The van der Waals surface area contributed by atoms with Crippen molar-refractivity contribution in [2.45, 2.75) is 26.3 Å². The number of methoxy groups -OCH3 is 1. The Morgan fingerprint density at radius 1 is 1.48 bits per heavy atom. The molecule has 0 aliphatic heterocycles. The van der Waals surface area contributed by atoms with Crippen molar-refractivity contribution in [3.05, 3.63) is 39.6 Å². The molecule has 0 fully saturated rings. The Morgan fingerprint density at radius 3 is 2.86 bits per heavy atom. The molecule has 1 aromatic carbocycles. The summed E-state index contributed by atoms with van der Waals surface area (Å²) in [4.78, 5) is 10.4. The van der Waals surface area contributed by atoms with Crippen LogP contribution in [0.1, 0.15) is 24.6 Å². The SMILES string of the molecule is CCCc1c(N)nnn1Cc1cc([N+](=O)[O-])ccc1OC.